The zero-order chi connectivity index (χ0) is 17.6. The van der Waals surface area contributed by atoms with Crippen LogP contribution in [0.1, 0.15) is 33.0 Å². The van der Waals surface area contributed by atoms with Crippen molar-refractivity contribution in [3.63, 3.8) is 0 Å². The smallest absolute Gasteiger partial charge is 0.264 e. The first-order chi connectivity index (χ1) is 12.7. The first-order valence-electron chi connectivity index (χ1n) is 9.31. The average molecular weight is 370 g/mol. The van der Waals surface area contributed by atoms with Crippen molar-refractivity contribution in [1.82, 2.24) is 9.88 Å². The quantitative estimate of drug-likeness (QED) is 0.830. The molecule has 2 aromatic heterocycles. The molecule has 2 aliphatic heterocycles. The Kier molecular flexibility index (Phi) is 3.98. The van der Waals surface area contributed by atoms with Crippen LogP contribution in [0.5, 0.6) is 5.75 Å². The summed E-state index contributed by atoms with van der Waals surface area (Å²) in [5.41, 5.74) is 1.16. The summed E-state index contributed by atoms with van der Waals surface area (Å²) in [6.45, 7) is 2.71. The molecule has 3 aliphatic rings. The zero-order valence-corrected chi connectivity index (χ0v) is 15.5. The van der Waals surface area contributed by atoms with Crippen molar-refractivity contribution in [3.8, 4) is 5.75 Å². The minimum Gasteiger partial charge on any atom is -0.492 e. The number of nitrogens with zero attached hydrogens (tertiary/aromatic N) is 2. The maximum Gasteiger partial charge on any atom is 0.264 e. The number of carbonyl (C=O) groups excluding carboxylic acids is 1. The van der Waals surface area contributed by atoms with Gasteiger partial charge in [0.15, 0.2) is 0 Å². The Bertz CT molecular complexity index is 792. The summed E-state index contributed by atoms with van der Waals surface area (Å²) in [6, 6.07) is 5.90. The van der Waals surface area contributed by atoms with Gasteiger partial charge in [0.05, 0.1) is 30.8 Å². The second-order valence-corrected chi connectivity index (χ2v) is 8.61. The molecule has 1 spiro atoms. The summed E-state index contributed by atoms with van der Waals surface area (Å²) < 4.78 is 12.0. The molecule has 2 saturated heterocycles. The van der Waals surface area contributed by atoms with Crippen LogP contribution in [0.15, 0.2) is 30.6 Å². The number of likely N-dealkylation sites (tertiary alicyclic amines) is 1. The predicted octanol–water partition coefficient (Wildman–Crippen LogP) is 2.94. The van der Waals surface area contributed by atoms with Crippen LogP contribution in [0.2, 0.25) is 0 Å². The van der Waals surface area contributed by atoms with E-state index >= 15 is 0 Å². The molecule has 26 heavy (non-hydrogen) atoms. The number of rotatable bonds is 4. The fraction of sp³-hybridized carbons (Fsp3) is 0.500. The molecule has 0 bridgehead atoms. The molecule has 1 aliphatic carbocycles. The van der Waals surface area contributed by atoms with E-state index in [2.05, 4.69) is 11.1 Å². The van der Waals surface area contributed by atoms with Crippen LogP contribution in [-0.4, -0.2) is 47.7 Å². The minimum absolute atomic E-state index is 0.164. The van der Waals surface area contributed by atoms with Crippen LogP contribution in [0.25, 0.3) is 0 Å². The monoisotopic (exact) mass is 370 g/mol. The Morgan fingerprint density at radius 2 is 2.35 bits per heavy atom. The van der Waals surface area contributed by atoms with Crippen LogP contribution in [-0.2, 0) is 17.6 Å². The zero-order valence-electron chi connectivity index (χ0n) is 14.6. The fourth-order valence-electron chi connectivity index (χ4n) is 4.33. The summed E-state index contributed by atoms with van der Waals surface area (Å²) in [5.74, 6) is 1.27. The number of ether oxygens (including phenoxy) is 2. The Labute approximate surface area is 156 Å². The van der Waals surface area contributed by atoms with Crippen molar-refractivity contribution < 1.29 is 14.3 Å². The third-order valence-electron chi connectivity index (χ3n) is 5.85. The van der Waals surface area contributed by atoms with Crippen molar-refractivity contribution in [2.24, 2.45) is 5.92 Å². The number of aryl methyl sites for hydroxylation is 2. The van der Waals surface area contributed by atoms with Crippen molar-refractivity contribution in [3.05, 3.63) is 45.9 Å². The van der Waals surface area contributed by atoms with E-state index in [9.17, 15) is 4.79 Å². The van der Waals surface area contributed by atoms with E-state index < -0.39 is 0 Å². The topological polar surface area (TPSA) is 51.7 Å². The molecule has 136 valence electrons. The molecule has 6 heteroatoms. The van der Waals surface area contributed by atoms with Crippen LogP contribution >= 0.6 is 11.3 Å². The highest BCUT2D eigenvalue weighted by Crippen LogP contribution is 2.41. The molecule has 5 rings (SSSR count). The molecule has 4 heterocycles. The largest absolute Gasteiger partial charge is 0.492 e. The number of thiophene rings is 1. The third-order valence-corrected chi connectivity index (χ3v) is 7.07. The molecule has 0 unspecified atom stereocenters. The van der Waals surface area contributed by atoms with Crippen molar-refractivity contribution in [2.45, 2.75) is 31.3 Å². The molecule has 0 radical (unpaired) electrons. The molecule has 1 amide bonds. The third kappa shape index (κ3) is 2.72. The number of carbonyl (C=O) groups is 1. The van der Waals surface area contributed by atoms with Gasteiger partial charge in [0.25, 0.3) is 5.91 Å². The van der Waals surface area contributed by atoms with E-state index in [4.69, 9.17) is 9.47 Å². The minimum atomic E-state index is -0.224. The van der Waals surface area contributed by atoms with Gasteiger partial charge >= 0.3 is 0 Å². The van der Waals surface area contributed by atoms with E-state index in [0.29, 0.717) is 25.6 Å². The molecule has 0 N–H and O–H groups in total. The molecule has 0 aromatic carbocycles. The van der Waals surface area contributed by atoms with Gasteiger partial charge in [0, 0.05) is 23.6 Å². The van der Waals surface area contributed by atoms with Gasteiger partial charge in [0.1, 0.15) is 11.4 Å². The lowest BCUT2D eigenvalue weighted by atomic mass is 9.81. The Hall–Kier alpha value is -1.92. The van der Waals surface area contributed by atoms with Gasteiger partial charge in [-0.2, -0.15) is 0 Å². The standard InChI is InChI=1S/C20H22N2O3S/c23-19(18-9-14-3-1-5-17(14)26-18)22-12-20(13-22)15(6-8-25-20)11-24-16-4-2-7-21-10-16/h2,4,7,9-10,15H,1,3,5-6,8,11-13H2/t15-/m0/s1. The van der Waals surface area contributed by atoms with Crippen LogP contribution < -0.4 is 4.74 Å². The molecule has 5 nitrogen and oxygen atoms in total. The first-order valence-corrected chi connectivity index (χ1v) is 10.1. The second kappa shape index (κ2) is 6.35. The molecule has 1 atom stereocenters. The predicted molar refractivity (Wildman–Crippen MR) is 98.8 cm³/mol. The van der Waals surface area contributed by atoms with Crippen molar-refractivity contribution >= 4 is 17.2 Å². The fourth-order valence-corrected chi connectivity index (χ4v) is 5.55. The summed E-state index contributed by atoms with van der Waals surface area (Å²) in [7, 11) is 0. The summed E-state index contributed by atoms with van der Waals surface area (Å²) >= 11 is 1.68. The number of pyridine rings is 1. The number of fused-ring (bicyclic) bond motifs is 1. The van der Waals surface area contributed by atoms with E-state index in [0.717, 1.165) is 36.5 Å². The van der Waals surface area contributed by atoms with Crippen molar-refractivity contribution in [2.75, 3.05) is 26.3 Å². The number of amides is 1. The SMILES string of the molecule is O=C(c1cc2c(s1)CCC2)N1CC2(C1)OCC[C@H]2COc1cccnc1. The van der Waals surface area contributed by atoms with Crippen LogP contribution in [0, 0.1) is 5.92 Å². The van der Waals surface area contributed by atoms with E-state index in [1.54, 1.807) is 23.7 Å². The second-order valence-electron chi connectivity index (χ2n) is 7.47. The maximum atomic E-state index is 12.8. The van der Waals surface area contributed by atoms with Gasteiger partial charge in [-0.05, 0) is 49.4 Å². The molecular weight excluding hydrogens is 348 g/mol. The lowest BCUT2D eigenvalue weighted by Gasteiger charge is -2.49. The lowest BCUT2D eigenvalue weighted by Crippen LogP contribution is -2.66. The molecular formula is C20H22N2O3S. The highest BCUT2D eigenvalue weighted by molar-refractivity contribution is 7.14. The Morgan fingerprint density at radius 1 is 1.42 bits per heavy atom. The number of hydrogen-bond acceptors (Lipinski definition) is 5. The van der Waals surface area contributed by atoms with Gasteiger partial charge in [0.2, 0.25) is 0 Å². The lowest BCUT2D eigenvalue weighted by molar-refractivity contribution is -0.122. The van der Waals surface area contributed by atoms with Gasteiger partial charge in [-0.25, -0.2) is 0 Å². The van der Waals surface area contributed by atoms with Gasteiger partial charge < -0.3 is 14.4 Å². The van der Waals surface area contributed by atoms with Gasteiger partial charge in [-0.3, -0.25) is 9.78 Å². The Morgan fingerprint density at radius 3 is 3.15 bits per heavy atom. The number of hydrogen-bond donors (Lipinski definition) is 0. The summed E-state index contributed by atoms with van der Waals surface area (Å²) in [5, 5.41) is 0. The molecule has 2 fully saturated rings. The van der Waals surface area contributed by atoms with E-state index in [1.165, 1.54) is 16.9 Å². The van der Waals surface area contributed by atoms with E-state index in [1.807, 2.05) is 17.0 Å². The molecule has 0 saturated carbocycles. The highest BCUT2D eigenvalue weighted by Gasteiger charge is 2.55. The highest BCUT2D eigenvalue weighted by atomic mass is 32.1. The average Bonchev–Trinajstić information content (AvgIpc) is 3.32. The van der Waals surface area contributed by atoms with Crippen molar-refractivity contribution in [1.29, 1.82) is 0 Å². The van der Waals surface area contributed by atoms with Crippen LogP contribution in [0.4, 0.5) is 0 Å². The summed E-state index contributed by atoms with van der Waals surface area (Å²) in [4.78, 5) is 21.1. The van der Waals surface area contributed by atoms with Gasteiger partial charge in [-0.15, -0.1) is 11.3 Å². The first kappa shape index (κ1) is 16.3. The normalized spacial score (nSPS) is 23.1. The van der Waals surface area contributed by atoms with Gasteiger partial charge in [-0.1, -0.05) is 0 Å². The number of aromatic nitrogens is 1. The summed E-state index contributed by atoms with van der Waals surface area (Å²) in [6.07, 6.45) is 7.94. The maximum absolute atomic E-state index is 12.8. The Balaban J connectivity index is 1.21. The molecule has 2 aromatic rings. The van der Waals surface area contributed by atoms with Crippen LogP contribution in [0.3, 0.4) is 0 Å². The van der Waals surface area contributed by atoms with E-state index in [-0.39, 0.29) is 11.5 Å².